The highest BCUT2D eigenvalue weighted by Gasteiger charge is 2.26. The van der Waals surface area contributed by atoms with Crippen LogP contribution < -0.4 is 21.3 Å². The lowest BCUT2D eigenvalue weighted by molar-refractivity contribution is -0.142. The summed E-state index contributed by atoms with van der Waals surface area (Å²) >= 11 is 0. The number of primary amides is 1. The number of hydrogen-bond acceptors (Lipinski definition) is 7. The number of hydrogen-bond donors (Lipinski definition) is 4. The van der Waals surface area contributed by atoms with E-state index < -0.39 is 11.9 Å². The third-order valence-electron chi connectivity index (χ3n) is 6.15. The first kappa shape index (κ1) is 21.0. The van der Waals surface area contributed by atoms with E-state index in [-0.39, 0.29) is 11.6 Å². The van der Waals surface area contributed by atoms with Gasteiger partial charge < -0.3 is 26.4 Å². The highest BCUT2D eigenvalue weighted by molar-refractivity contribution is 5.96. The average Bonchev–Trinajstić information content (AvgIpc) is 2.80. The van der Waals surface area contributed by atoms with Gasteiger partial charge in [-0.1, -0.05) is 12.1 Å². The Morgan fingerprint density at radius 3 is 2.39 bits per heavy atom. The zero-order valence-electron chi connectivity index (χ0n) is 17.4. The van der Waals surface area contributed by atoms with Crippen LogP contribution in [0.4, 0.5) is 17.3 Å². The van der Waals surface area contributed by atoms with Gasteiger partial charge in [0.05, 0.1) is 12.1 Å². The van der Waals surface area contributed by atoms with Crippen molar-refractivity contribution in [3.8, 4) is 0 Å². The summed E-state index contributed by atoms with van der Waals surface area (Å²) in [6, 6.07) is 8.18. The number of nitrogens with zero attached hydrogens (tertiary/aromatic N) is 3. The zero-order valence-corrected chi connectivity index (χ0v) is 17.4. The molecule has 9 nitrogen and oxygen atoms in total. The second kappa shape index (κ2) is 9.30. The molecule has 2 saturated heterocycles. The Bertz CT molecular complexity index is 935. The van der Waals surface area contributed by atoms with E-state index in [9.17, 15) is 14.7 Å². The quantitative estimate of drug-likeness (QED) is 0.554. The number of carbonyl (C=O) groups is 2. The van der Waals surface area contributed by atoms with Gasteiger partial charge >= 0.3 is 5.97 Å². The highest BCUT2D eigenvalue weighted by Crippen LogP contribution is 2.28. The number of nitrogens with two attached hydrogens (primary N) is 1. The van der Waals surface area contributed by atoms with Gasteiger partial charge in [0.25, 0.3) is 5.91 Å². The van der Waals surface area contributed by atoms with E-state index in [2.05, 4.69) is 32.7 Å². The van der Waals surface area contributed by atoms with Crippen LogP contribution in [0.25, 0.3) is 0 Å². The summed E-state index contributed by atoms with van der Waals surface area (Å²) in [5.41, 5.74) is 7.69. The number of anilines is 3. The predicted molar refractivity (Wildman–Crippen MR) is 118 cm³/mol. The van der Waals surface area contributed by atoms with Crippen LogP contribution >= 0.6 is 0 Å². The lowest BCUT2D eigenvalue weighted by Crippen LogP contribution is -2.37. The number of piperidine rings is 2. The molecule has 0 aliphatic carbocycles. The average molecular weight is 425 g/mol. The molecule has 31 heavy (non-hydrogen) atoms. The number of carboxylic acid groups (broad SMARTS) is 1. The molecule has 0 bridgehead atoms. The van der Waals surface area contributed by atoms with Crippen molar-refractivity contribution in [1.82, 2.24) is 15.3 Å². The Morgan fingerprint density at radius 2 is 1.77 bits per heavy atom. The Balaban J connectivity index is 1.50. The highest BCUT2D eigenvalue weighted by atomic mass is 16.4. The summed E-state index contributed by atoms with van der Waals surface area (Å²) in [5.74, 6) is -0.274. The van der Waals surface area contributed by atoms with Crippen LogP contribution in [0.5, 0.6) is 0 Å². The van der Waals surface area contributed by atoms with Gasteiger partial charge in [-0.2, -0.15) is 0 Å². The van der Waals surface area contributed by atoms with E-state index in [1.807, 2.05) is 17.0 Å². The van der Waals surface area contributed by atoms with Crippen LogP contribution in [0.1, 0.15) is 47.7 Å². The zero-order chi connectivity index (χ0) is 21.8. The number of benzene rings is 1. The molecular formula is C22H28N6O3. The monoisotopic (exact) mass is 424 g/mol. The lowest BCUT2D eigenvalue weighted by atomic mass is 9.90. The fourth-order valence-electron chi connectivity index (χ4n) is 4.29. The van der Waals surface area contributed by atoms with E-state index in [4.69, 9.17) is 5.73 Å². The molecule has 0 saturated carbocycles. The van der Waals surface area contributed by atoms with Crippen molar-refractivity contribution in [3.63, 3.8) is 0 Å². The number of carboxylic acids is 1. The molecule has 3 heterocycles. The Kier molecular flexibility index (Phi) is 6.31. The van der Waals surface area contributed by atoms with Gasteiger partial charge in [-0.15, -0.1) is 0 Å². The summed E-state index contributed by atoms with van der Waals surface area (Å²) in [5, 5.41) is 15.8. The first-order chi connectivity index (χ1) is 15.0. The molecule has 9 heteroatoms. The van der Waals surface area contributed by atoms with Gasteiger partial charge in [-0.05, 0) is 62.4 Å². The number of rotatable bonds is 6. The Hall–Kier alpha value is -3.20. The normalized spacial score (nSPS) is 18.0. The Morgan fingerprint density at radius 1 is 1.10 bits per heavy atom. The summed E-state index contributed by atoms with van der Waals surface area (Å²) in [4.78, 5) is 33.9. The van der Waals surface area contributed by atoms with Crippen molar-refractivity contribution in [2.75, 3.05) is 36.4 Å². The van der Waals surface area contributed by atoms with E-state index in [1.165, 1.54) is 11.8 Å². The van der Waals surface area contributed by atoms with Crippen molar-refractivity contribution in [2.45, 2.75) is 31.6 Å². The SMILES string of the molecule is NC(=O)c1ncc(N2CCC(C(=O)O)CC2)nc1Nc1ccc(C2CCNCC2)cc1. The van der Waals surface area contributed by atoms with Crippen molar-refractivity contribution >= 4 is 29.2 Å². The van der Waals surface area contributed by atoms with E-state index in [1.54, 1.807) is 0 Å². The van der Waals surface area contributed by atoms with Crippen molar-refractivity contribution < 1.29 is 14.7 Å². The van der Waals surface area contributed by atoms with Crippen LogP contribution in [-0.2, 0) is 4.79 Å². The molecule has 1 aromatic heterocycles. The van der Waals surface area contributed by atoms with Gasteiger partial charge in [0.15, 0.2) is 11.5 Å². The number of aromatic nitrogens is 2. The summed E-state index contributed by atoms with van der Waals surface area (Å²) in [7, 11) is 0. The molecule has 0 spiro atoms. The number of amides is 1. The maximum Gasteiger partial charge on any atom is 0.306 e. The number of aliphatic carboxylic acids is 1. The second-order valence-corrected chi connectivity index (χ2v) is 8.16. The molecule has 1 aromatic carbocycles. The maximum absolute atomic E-state index is 11.9. The Labute approximate surface area is 181 Å². The molecular weight excluding hydrogens is 396 g/mol. The fourth-order valence-corrected chi connectivity index (χ4v) is 4.29. The smallest absolute Gasteiger partial charge is 0.306 e. The molecule has 4 rings (SSSR count). The minimum absolute atomic E-state index is 0.0756. The van der Waals surface area contributed by atoms with Crippen molar-refractivity contribution in [2.24, 2.45) is 11.7 Å². The van der Waals surface area contributed by atoms with Crippen molar-refractivity contribution in [1.29, 1.82) is 0 Å². The first-order valence-electron chi connectivity index (χ1n) is 10.7. The predicted octanol–water partition coefficient (Wildman–Crippen LogP) is 2.09. The largest absolute Gasteiger partial charge is 0.481 e. The van der Waals surface area contributed by atoms with Gasteiger partial charge in [-0.25, -0.2) is 9.97 Å². The summed E-state index contributed by atoms with van der Waals surface area (Å²) < 4.78 is 0. The first-order valence-corrected chi connectivity index (χ1v) is 10.7. The second-order valence-electron chi connectivity index (χ2n) is 8.16. The molecule has 2 aromatic rings. The third kappa shape index (κ3) is 4.93. The molecule has 2 fully saturated rings. The van der Waals surface area contributed by atoms with Crippen LogP contribution in [-0.4, -0.2) is 53.1 Å². The molecule has 0 unspecified atom stereocenters. The lowest BCUT2D eigenvalue weighted by Gasteiger charge is -2.31. The molecule has 1 amide bonds. The summed E-state index contributed by atoms with van der Waals surface area (Å²) in [6.45, 7) is 3.23. The number of nitrogens with one attached hydrogen (secondary N) is 2. The minimum atomic E-state index is -0.759. The van der Waals surface area contributed by atoms with E-state index in [0.717, 1.165) is 31.6 Å². The molecule has 164 valence electrons. The van der Waals surface area contributed by atoms with Crippen molar-refractivity contribution in [3.05, 3.63) is 41.7 Å². The molecule has 5 N–H and O–H groups in total. The topological polar surface area (TPSA) is 133 Å². The molecule has 2 aliphatic heterocycles. The van der Waals surface area contributed by atoms with Crippen LogP contribution in [0.3, 0.4) is 0 Å². The maximum atomic E-state index is 11.9. The van der Waals surface area contributed by atoms with Crippen LogP contribution in [0.15, 0.2) is 30.5 Å². The third-order valence-corrected chi connectivity index (χ3v) is 6.15. The molecule has 0 radical (unpaired) electrons. The van der Waals surface area contributed by atoms with Gasteiger partial charge in [0.2, 0.25) is 0 Å². The molecule has 0 atom stereocenters. The van der Waals surface area contributed by atoms with Gasteiger partial charge in [0.1, 0.15) is 5.82 Å². The van der Waals surface area contributed by atoms with E-state index in [0.29, 0.717) is 43.5 Å². The van der Waals surface area contributed by atoms with Crippen LogP contribution in [0, 0.1) is 5.92 Å². The summed E-state index contributed by atoms with van der Waals surface area (Å²) in [6.07, 6.45) is 4.88. The minimum Gasteiger partial charge on any atom is -0.481 e. The van der Waals surface area contributed by atoms with Gasteiger partial charge in [0, 0.05) is 18.8 Å². The molecule has 2 aliphatic rings. The van der Waals surface area contributed by atoms with Gasteiger partial charge in [-0.3, -0.25) is 9.59 Å². The van der Waals surface area contributed by atoms with Crippen LogP contribution in [0.2, 0.25) is 0 Å². The standard InChI is InChI=1S/C22H28N6O3/c23-20(29)19-21(26-17-3-1-14(2-4-17)15-5-9-24-10-6-15)27-18(13-25-19)28-11-7-16(8-12-28)22(30)31/h1-4,13,15-16,24H,5-12H2,(H2,23,29)(H,26,27)(H,30,31). The fraction of sp³-hybridized carbons (Fsp3) is 0.455. The van der Waals surface area contributed by atoms with E-state index >= 15 is 0 Å². The number of carbonyl (C=O) groups excluding carboxylic acids is 1.